The summed E-state index contributed by atoms with van der Waals surface area (Å²) in [6.45, 7) is 3.37. The van der Waals surface area contributed by atoms with Gasteiger partial charge in [-0.2, -0.15) is 0 Å². The van der Waals surface area contributed by atoms with Crippen molar-refractivity contribution in [2.24, 2.45) is 0 Å². The van der Waals surface area contributed by atoms with Crippen LogP contribution < -0.4 is 4.90 Å². The Morgan fingerprint density at radius 1 is 0.971 bits per heavy atom. The van der Waals surface area contributed by atoms with E-state index in [2.05, 4.69) is 43.5 Å². The highest BCUT2D eigenvalue weighted by Gasteiger charge is 2.24. The van der Waals surface area contributed by atoms with Gasteiger partial charge in [0.2, 0.25) is 0 Å². The Morgan fingerprint density at radius 2 is 1.77 bits per heavy atom. The number of benzene rings is 2. The van der Waals surface area contributed by atoms with Gasteiger partial charge in [-0.3, -0.25) is 9.38 Å². The standard InChI is InChI=1S/C27H31FN6O/c1-32(2)20-7-11-33(12-8-20)21-4-5-22(23(28)16-21)19-3-6-24-25(15-19)34-26(17-29-24)30-31-27(34)18-9-13-35-14-10-18/h3-6,15-18,20H,7-14H2,1-2H3. The number of fused-ring (bicyclic) bond motifs is 3. The Hall–Kier alpha value is -3.10. The zero-order valence-corrected chi connectivity index (χ0v) is 20.3. The van der Waals surface area contributed by atoms with Gasteiger partial charge < -0.3 is 14.5 Å². The summed E-state index contributed by atoms with van der Waals surface area (Å²) >= 11 is 0. The quantitative estimate of drug-likeness (QED) is 0.434. The molecule has 4 heterocycles. The van der Waals surface area contributed by atoms with E-state index >= 15 is 4.39 Å². The Labute approximate surface area is 204 Å². The molecule has 4 aromatic rings. The molecule has 8 heteroatoms. The minimum absolute atomic E-state index is 0.204. The molecule has 2 aromatic heterocycles. The minimum atomic E-state index is -0.204. The SMILES string of the molecule is CN(C)C1CCN(c2ccc(-c3ccc4ncc5nnc(C6CCOCC6)n5c4c3)c(F)c2)CC1. The first-order chi connectivity index (χ1) is 17.1. The van der Waals surface area contributed by atoms with E-state index in [1.165, 1.54) is 0 Å². The molecule has 0 atom stereocenters. The maximum Gasteiger partial charge on any atom is 0.179 e. The largest absolute Gasteiger partial charge is 0.381 e. The van der Waals surface area contributed by atoms with Crippen molar-refractivity contribution in [3.63, 3.8) is 0 Å². The molecule has 0 saturated carbocycles. The molecule has 0 amide bonds. The number of aromatic nitrogens is 4. The molecule has 0 unspecified atom stereocenters. The molecule has 182 valence electrons. The predicted molar refractivity (Wildman–Crippen MR) is 135 cm³/mol. The van der Waals surface area contributed by atoms with Gasteiger partial charge in [0.15, 0.2) is 5.65 Å². The van der Waals surface area contributed by atoms with Gasteiger partial charge in [-0.25, -0.2) is 4.39 Å². The first-order valence-corrected chi connectivity index (χ1v) is 12.5. The van der Waals surface area contributed by atoms with Gasteiger partial charge in [-0.1, -0.05) is 6.07 Å². The summed E-state index contributed by atoms with van der Waals surface area (Å²) in [7, 11) is 4.27. The van der Waals surface area contributed by atoms with Crippen molar-refractivity contribution in [2.45, 2.75) is 37.6 Å². The van der Waals surface area contributed by atoms with Crippen molar-refractivity contribution in [1.82, 2.24) is 24.5 Å². The highest BCUT2D eigenvalue weighted by atomic mass is 19.1. The van der Waals surface area contributed by atoms with Crippen LogP contribution in [0.3, 0.4) is 0 Å². The molecule has 0 spiro atoms. The topological polar surface area (TPSA) is 58.8 Å². The third kappa shape index (κ3) is 4.15. The summed E-state index contributed by atoms with van der Waals surface area (Å²) in [5.74, 6) is 1.02. The molecule has 35 heavy (non-hydrogen) atoms. The maximum atomic E-state index is 15.4. The second-order valence-electron chi connectivity index (χ2n) is 9.95. The van der Waals surface area contributed by atoms with Gasteiger partial charge in [0, 0.05) is 49.5 Å². The third-order valence-corrected chi connectivity index (χ3v) is 7.66. The molecule has 0 radical (unpaired) electrons. The highest BCUT2D eigenvalue weighted by molar-refractivity contribution is 5.84. The van der Waals surface area contributed by atoms with Crippen LogP contribution in [0.5, 0.6) is 0 Å². The second-order valence-corrected chi connectivity index (χ2v) is 9.95. The maximum absolute atomic E-state index is 15.4. The lowest BCUT2D eigenvalue weighted by atomic mass is 9.99. The lowest BCUT2D eigenvalue weighted by Crippen LogP contribution is -2.42. The molecule has 2 saturated heterocycles. The molecular formula is C27H31FN6O. The monoisotopic (exact) mass is 474 g/mol. The summed E-state index contributed by atoms with van der Waals surface area (Å²) in [5.41, 5.74) is 4.84. The lowest BCUT2D eigenvalue weighted by molar-refractivity contribution is 0.0834. The summed E-state index contributed by atoms with van der Waals surface area (Å²) in [5, 5.41) is 8.87. The van der Waals surface area contributed by atoms with Crippen LogP contribution in [0.1, 0.15) is 37.4 Å². The minimum Gasteiger partial charge on any atom is -0.381 e. The van der Waals surface area contributed by atoms with E-state index in [-0.39, 0.29) is 5.82 Å². The normalized spacial score (nSPS) is 18.2. The van der Waals surface area contributed by atoms with Crippen LogP contribution in [-0.4, -0.2) is 70.9 Å². The van der Waals surface area contributed by atoms with Crippen LogP contribution in [0.15, 0.2) is 42.6 Å². The smallest absolute Gasteiger partial charge is 0.179 e. The fourth-order valence-corrected chi connectivity index (χ4v) is 5.54. The second kappa shape index (κ2) is 9.17. The Balaban J connectivity index is 1.34. The van der Waals surface area contributed by atoms with Crippen molar-refractivity contribution >= 4 is 22.4 Å². The van der Waals surface area contributed by atoms with E-state index in [1.54, 1.807) is 12.3 Å². The van der Waals surface area contributed by atoms with E-state index in [0.29, 0.717) is 23.2 Å². The highest BCUT2D eigenvalue weighted by Crippen LogP contribution is 2.32. The lowest BCUT2D eigenvalue weighted by Gasteiger charge is -2.36. The molecule has 2 aliphatic heterocycles. The molecular weight excluding hydrogens is 443 g/mol. The van der Waals surface area contributed by atoms with Crippen LogP contribution in [-0.2, 0) is 4.74 Å². The van der Waals surface area contributed by atoms with Crippen molar-refractivity contribution in [3.8, 4) is 11.1 Å². The van der Waals surface area contributed by atoms with Crippen LogP contribution in [0.2, 0.25) is 0 Å². The number of ether oxygens (including phenoxy) is 1. The van der Waals surface area contributed by atoms with Gasteiger partial charge in [0.05, 0.1) is 17.2 Å². The fraction of sp³-hybridized carbons (Fsp3) is 0.444. The summed E-state index contributed by atoms with van der Waals surface area (Å²) in [6.07, 6.45) is 5.79. The molecule has 2 fully saturated rings. The number of piperidine rings is 1. The van der Waals surface area contributed by atoms with Gasteiger partial charge >= 0.3 is 0 Å². The molecule has 2 aromatic carbocycles. The average molecular weight is 475 g/mol. The van der Waals surface area contributed by atoms with Gasteiger partial charge in [-0.15, -0.1) is 10.2 Å². The molecule has 6 rings (SSSR count). The van der Waals surface area contributed by atoms with Gasteiger partial charge in [-0.05, 0) is 75.7 Å². The Kier molecular flexibility index (Phi) is 5.86. The molecule has 2 aliphatic rings. The molecule has 0 aliphatic carbocycles. The van der Waals surface area contributed by atoms with E-state index in [0.717, 1.165) is 80.1 Å². The van der Waals surface area contributed by atoms with E-state index in [9.17, 15) is 0 Å². The van der Waals surface area contributed by atoms with E-state index in [4.69, 9.17) is 4.74 Å². The molecule has 0 bridgehead atoms. The number of hydrogen-bond acceptors (Lipinski definition) is 6. The van der Waals surface area contributed by atoms with Crippen LogP contribution in [0, 0.1) is 5.82 Å². The summed E-state index contributed by atoms with van der Waals surface area (Å²) in [4.78, 5) is 9.14. The van der Waals surface area contributed by atoms with Crippen LogP contribution in [0.4, 0.5) is 10.1 Å². The number of nitrogens with zero attached hydrogens (tertiary/aromatic N) is 6. The fourth-order valence-electron chi connectivity index (χ4n) is 5.54. The number of hydrogen-bond donors (Lipinski definition) is 0. The summed E-state index contributed by atoms with van der Waals surface area (Å²) < 4.78 is 23.0. The van der Waals surface area contributed by atoms with Crippen molar-refractivity contribution in [3.05, 3.63) is 54.2 Å². The van der Waals surface area contributed by atoms with Crippen LogP contribution in [0.25, 0.3) is 27.8 Å². The zero-order valence-electron chi connectivity index (χ0n) is 20.3. The first kappa shape index (κ1) is 22.4. The van der Waals surface area contributed by atoms with Crippen molar-refractivity contribution in [2.75, 3.05) is 45.3 Å². The Bertz CT molecular complexity index is 1350. The van der Waals surface area contributed by atoms with Crippen LogP contribution >= 0.6 is 0 Å². The van der Waals surface area contributed by atoms with E-state index < -0.39 is 0 Å². The predicted octanol–water partition coefficient (Wildman–Crippen LogP) is 4.51. The first-order valence-electron chi connectivity index (χ1n) is 12.5. The Morgan fingerprint density at radius 3 is 2.51 bits per heavy atom. The number of halogens is 1. The van der Waals surface area contributed by atoms with Crippen molar-refractivity contribution < 1.29 is 9.13 Å². The van der Waals surface area contributed by atoms with E-state index in [1.807, 2.05) is 30.3 Å². The number of rotatable bonds is 4. The van der Waals surface area contributed by atoms with Gasteiger partial charge in [0.25, 0.3) is 0 Å². The van der Waals surface area contributed by atoms with Gasteiger partial charge in [0.1, 0.15) is 11.6 Å². The third-order valence-electron chi connectivity index (χ3n) is 7.66. The molecule has 7 nitrogen and oxygen atoms in total. The molecule has 0 N–H and O–H groups in total. The average Bonchev–Trinajstić information content (AvgIpc) is 3.34. The van der Waals surface area contributed by atoms with Crippen molar-refractivity contribution in [1.29, 1.82) is 0 Å². The summed E-state index contributed by atoms with van der Waals surface area (Å²) in [6, 6.07) is 12.1. The number of anilines is 1. The zero-order chi connectivity index (χ0) is 23.9.